The van der Waals surface area contributed by atoms with E-state index in [0.29, 0.717) is 0 Å². The lowest BCUT2D eigenvalue weighted by Crippen LogP contribution is -2.38. The van der Waals surface area contributed by atoms with Crippen LogP contribution in [0.1, 0.15) is 6.92 Å². The molecule has 0 aliphatic carbocycles. The van der Waals surface area contributed by atoms with Crippen LogP contribution in [-0.4, -0.2) is 42.2 Å². The van der Waals surface area contributed by atoms with Crippen molar-refractivity contribution in [2.75, 3.05) is 13.3 Å². The highest BCUT2D eigenvalue weighted by atomic mass is 32.2. The maximum atomic E-state index is 12.0. The minimum Gasteiger partial charge on any atom is -0.354 e. The van der Waals surface area contributed by atoms with Crippen molar-refractivity contribution in [2.45, 2.75) is 22.8 Å². The summed E-state index contributed by atoms with van der Waals surface area (Å²) in [6, 6.07) is 4.29. The zero-order valence-electron chi connectivity index (χ0n) is 11.7. The Morgan fingerprint density at radius 1 is 1.14 bits per heavy atom. The number of hydrogen-bond acceptors (Lipinski definition) is 7. The average Bonchev–Trinajstić information content (AvgIpc) is 2.43. The molecule has 0 amide bonds. The van der Waals surface area contributed by atoms with Crippen LogP contribution in [0.15, 0.2) is 34.1 Å². The lowest BCUT2D eigenvalue weighted by Gasteiger charge is -2.12. The predicted octanol–water partition coefficient (Wildman–Crippen LogP) is -0.565. The normalized spacial score (nSPS) is 13.7. The van der Waals surface area contributed by atoms with Gasteiger partial charge in [-0.3, -0.25) is 0 Å². The summed E-state index contributed by atoms with van der Waals surface area (Å²) in [5.41, 5.74) is 0. The first-order valence-electron chi connectivity index (χ1n) is 5.78. The summed E-state index contributed by atoms with van der Waals surface area (Å²) >= 11 is 0. The third kappa shape index (κ3) is 4.49. The summed E-state index contributed by atoms with van der Waals surface area (Å²) in [6.07, 6.45) is 0.885. The fourth-order valence-corrected chi connectivity index (χ4v) is 3.74. The summed E-state index contributed by atoms with van der Waals surface area (Å²) in [5, 5.41) is 2.57. The number of hydrogen-bond donors (Lipinski definition) is 2. The van der Waals surface area contributed by atoms with Crippen LogP contribution in [0.4, 0.5) is 0 Å². The van der Waals surface area contributed by atoms with Crippen molar-refractivity contribution in [2.24, 2.45) is 0 Å². The minimum absolute atomic E-state index is 0.379. The van der Waals surface area contributed by atoms with Crippen LogP contribution in [0.5, 0.6) is 0 Å². The number of likely N-dealkylation sites (N-methyl/N-ethyl adjacent to an activating group) is 1. The molecule has 0 spiro atoms. The van der Waals surface area contributed by atoms with Gasteiger partial charge in [0.15, 0.2) is 9.84 Å². The van der Waals surface area contributed by atoms with Crippen molar-refractivity contribution >= 4 is 25.8 Å². The molecule has 0 heterocycles. The monoisotopic (exact) mass is 336 g/mol. The van der Waals surface area contributed by atoms with Crippen LogP contribution in [0.2, 0.25) is 0 Å². The summed E-state index contributed by atoms with van der Waals surface area (Å²) in [4.78, 5) is 16.6. The zero-order valence-corrected chi connectivity index (χ0v) is 13.3. The number of nitrogens with one attached hydrogen (secondary N) is 2. The Hall–Kier alpha value is -1.49. The van der Waals surface area contributed by atoms with Gasteiger partial charge in [-0.2, -0.15) is 0 Å². The van der Waals surface area contributed by atoms with E-state index in [0.717, 1.165) is 18.4 Å². The largest absolute Gasteiger partial charge is 0.354 e. The van der Waals surface area contributed by atoms with Gasteiger partial charge >= 0.3 is 5.97 Å². The molecule has 0 unspecified atom stereocenters. The topological polar surface area (TPSA) is 119 Å². The average molecular weight is 336 g/mol. The molecule has 0 aliphatic rings. The van der Waals surface area contributed by atoms with E-state index in [1.165, 1.54) is 26.1 Å². The van der Waals surface area contributed by atoms with Gasteiger partial charge in [-0.25, -0.2) is 21.6 Å². The van der Waals surface area contributed by atoms with Crippen LogP contribution in [0, 0.1) is 0 Å². The molecule has 118 valence electrons. The molecule has 21 heavy (non-hydrogen) atoms. The van der Waals surface area contributed by atoms with Gasteiger partial charge in [0.05, 0.1) is 4.90 Å². The number of sulfone groups is 1. The molecule has 10 heteroatoms. The molecule has 0 saturated heterocycles. The van der Waals surface area contributed by atoms with Gasteiger partial charge in [-0.15, -0.1) is 0 Å². The van der Waals surface area contributed by atoms with E-state index in [1.807, 2.05) is 0 Å². The molecule has 0 saturated carbocycles. The van der Waals surface area contributed by atoms with Crippen molar-refractivity contribution in [1.82, 2.24) is 10.2 Å². The Bertz CT molecular complexity index is 727. The summed E-state index contributed by atoms with van der Waals surface area (Å²) in [5.74, 6) is -0.849. The summed E-state index contributed by atoms with van der Waals surface area (Å²) < 4.78 is 47.2. The van der Waals surface area contributed by atoms with E-state index >= 15 is 0 Å². The molecule has 0 aromatic heterocycles. The second-order valence-corrected chi connectivity index (χ2v) is 7.83. The SMILES string of the molecule is CN[C@@H](C)C(=O)ONS(=O)(=O)c1ccccc1S(C)(=O)=O. The van der Waals surface area contributed by atoms with Gasteiger partial charge in [-0.05, 0) is 31.0 Å². The second-order valence-electron chi connectivity index (χ2n) is 4.24. The Morgan fingerprint density at radius 3 is 2.14 bits per heavy atom. The van der Waals surface area contributed by atoms with Gasteiger partial charge in [0.2, 0.25) is 0 Å². The molecular weight excluding hydrogens is 320 g/mol. The van der Waals surface area contributed by atoms with Crippen LogP contribution >= 0.6 is 0 Å². The molecule has 0 radical (unpaired) electrons. The fourth-order valence-electron chi connectivity index (χ4n) is 1.33. The molecule has 0 aliphatic heterocycles. The molecule has 1 aromatic rings. The number of rotatable bonds is 6. The number of carbonyl (C=O) groups is 1. The first kappa shape index (κ1) is 17.6. The maximum absolute atomic E-state index is 12.0. The van der Waals surface area contributed by atoms with Crippen LogP contribution in [-0.2, 0) is 29.5 Å². The van der Waals surface area contributed by atoms with Gasteiger partial charge in [-0.1, -0.05) is 12.1 Å². The van der Waals surface area contributed by atoms with Crippen molar-refractivity contribution in [1.29, 1.82) is 0 Å². The van der Waals surface area contributed by atoms with Crippen molar-refractivity contribution < 1.29 is 26.5 Å². The van der Waals surface area contributed by atoms with Gasteiger partial charge in [0.1, 0.15) is 10.9 Å². The quantitative estimate of drug-likeness (QED) is 0.668. The first-order chi connectivity index (χ1) is 9.59. The molecule has 0 fully saturated rings. The fraction of sp³-hybridized carbons (Fsp3) is 0.364. The van der Waals surface area contributed by atoms with E-state index in [4.69, 9.17) is 0 Å². The summed E-state index contributed by atoms with van der Waals surface area (Å²) in [7, 11) is -6.56. The molecule has 1 atom stereocenters. The van der Waals surface area contributed by atoms with E-state index in [1.54, 1.807) is 4.89 Å². The number of carbonyl (C=O) groups excluding carboxylic acids is 1. The standard InChI is InChI=1S/C11H16N2O6S2/c1-8(12-2)11(14)19-13-21(17,18)10-7-5-4-6-9(10)20(3,15)16/h4-8,12-13H,1-3H3/t8-/m0/s1. The highest BCUT2D eigenvalue weighted by Gasteiger charge is 2.25. The Labute approximate surface area is 123 Å². The predicted molar refractivity (Wildman–Crippen MR) is 74.5 cm³/mol. The Kier molecular flexibility index (Phi) is 5.45. The van der Waals surface area contributed by atoms with E-state index in [-0.39, 0.29) is 4.90 Å². The molecule has 8 nitrogen and oxygen atoms in total. The number of benzene rings is 1. The van der Waals surface area contributed by atoms with Crippen molar-refractivity contribution in [3.05, 3.63) is 24.3 Å². The smallest absolute Gasteiger partial charge is 0.342 e. The molecule has 0 bridgehead atoms. The van der Waals surface area contributed by atoms with Gasteiger partial charge in [0.25, 0.3) is 10.0 Å². The van der Waals surface area contributed by atoms with Crippen LogP contribution in [0.3, 0.4) is 0 Å². The minimum atomic E-state index is -4.31. The Balaban J connectivity index is 3.08. The van der Waals surface area contributed by atoms with Crippen molar-refractivity contribution in [3.63, 3.8) is 0 Å². The lowest BCUT2D eigenvalue weighted by molar-refractivity contribution is -0.149. The van der Waals surface area contributed by atoms with Gasteiger partial charge < -0.3 is 10.2 Å². The van der Waals surface area contributed by atoms with E-state index < -0.39 is 36.8 Å². The number of sulfonamides is 1. The van der Waals surface area contributed by atoms with Crippen LogP contribution < -0.4 is 10.2 Å². The Morgan fingerprint density at radius 2 is 1.67 bits per heavy atom. The van der Waals surface area contributed by atoms with E-state index in [2.05, 4.69) is 10.2 Å². The third-order valence-corrected chi connectivity index (χ3v) is 5.10. The lowest BCUT2D eigenvalue weighted by atomic mass is 10.4. The molecule has 2 N–H and O–H groups in total. The van der Waals surface area contributed by atoms with Crippen molar-refractivity contribution in [3.8, 4) is 0 Å². The maximum Gasteiger partial charge on any atom is 0.342 e. The molecule has 1 aromatic carbocycles. The highest BCUT2D eigenvalue weighted by Crippen LogP contribution is 2.20. The first-order valence-corrected chi connectivity index (χ1v) is 9.16. The van der Waals surface area contributed by atoms with Gasteiger partial charge in [0, 0.05) is 6.26 Å². The molecule has 1 rings (SSSR count). The van der Waals surface area contributed by atoms with Crippen LogP contribution in [0.25, 0.3) is 0 Å². The van der Waals surface area contributed by atoms with E-state index in [9.17, 15) is 21.6 Å². The molecular formula is C11H16N2O6S2. The zero-order chi connectivity index (χ0) is 16.3. The summed E-state index contributed by atoms with van der Waals surface area (Å²) in [6.45, 7) is 1.47. The highest BCUT2D eigenvalue weighted by molar-refractivity contribution is 7.93. The third-order valence-electron chi connectivity index (χ3n) is 2.58. The second kappa shape index (κ2) is 6.52.